The maximum Gasteiger partial charge on any atom is 0.332 e. The number of benzene rings is 1. The first-order chi connectivity index (χ1) is 8.65. The summed E-state index contributed by atoms with van der Waals surface area (Å²) in [6, 6.07) is 6.20. The lowest BCUT2D eigenvalue weighted by atomic mass is 10.2. The highest BCUT2D eigenvalue weighted by atomic mass is 16.6. The highest BCUT2D eigenvalue weighted by molar-refractivity contribution is 5.86. The molecule has 0 saturated heterocycles. The second kappa shape index (κ2) is 6.95. The summed E-state index contributed by atoms with van der Waals surface area (Å²) in [6.45, 7) is 1.99. The molecule has 0 N–H and O–H groups in total. The van der Waals surface area contributed by atoms with Gasteiger partial charge in [0, 0.05) is 24.6 Å². The molecule has 1 aromatic carbocycles. The van der Waals surface area contributed by atoms with E-state index in [1.807, 2.05) is 0 Å². The van der Waals surface area contributed by atoms with Gasteiger partial charge in [0.25, 0.3) is 5.69 Å². The van der Waals surface area contributed by atoms with Crippen molar-refractivity contribution in [3.8, 4) is 0 Å². The van der Waals surface area contributed by atoms with E-state index in [1.54, 1.807) is 25.1 Å². The molecule has 0 aliphatic carbocycles. The monoisotopic (exact) mass is 248 g/mol. The Labute approximate surface area is 104 Å². The first-order valence-corrected chi connectivity index (χ1v) is 5.25. The second-order valence-corrected chi connectivity index (χ2v) is 3.16. The summed E-state index contributed by atoms with van der Waals surface area (Å²) < 4.78 is 4.65. The number of hydrogen-bond donors (Lipinski definition) is 0. The van der Waals surface area contributed by atoms with Crippen LogP contribution in [0.1, 0.15) is 12.5 Å². The summed E-state index contributed by atoms with van der Waals surface area (Å²) in [5.74, 6) is -0.503. The topological polar surface area (TPSA) is 81.8 Å². The average molecular weight is 248 g/mol. The molecule has 0 aliphatic heterocycles. The minimum Gasteiger partial charge on any atom is -0.463 e. The number of ether oxygens (including phenoxy) is 1. The number of carbonyl (C=O) groups excluding carboxylic acids is 1. The van der Waals surface area contributed by atoms with Gasteiger partial charge in [-0.2, -0.15) is 0 Å². The van der Waals surface area contributed by atoms with E-state index in [0.29, 0.717) is 5.56 Å². The summed E-state index contributed by atoms with van der Waals surface area (Å²) in [6.07, 6.45) is 3.69. The van der Waals surface area contributed by atoms with E-state index < -0.39 is 10.9 Å². The van der Waals surface area contributed by atoms with Gasteiger partial charge in [-0.1, -0.05) is 12.1 Å². The molecule has 0 fully saturated rings. The van der Waals surface area contributed by atoms with Crippen molar-refractivity contribution in [2.45, 2.75) is 6.92 Å². The van der Waals surface area contributed by atoms with Crippen LogP contribution in [-0.2, 0) is 9.53 Å². The van der Waals surface area contributed by atoms with E-state index in [0.717, 1.165) is 6.08 Å². The van der Waals surface area contributed by atoms with Crippen molar-refractivity contribution in [1.82, 2.24) is 0 Å². The molecule has 0 radical (unpaired) electrons. The van der Waals surface area contributed by atoms with Crippen molar-refractivity contribution in [3.63, 3.8) is 0 Å². The van der Waals surface area contributed by atoms with Gasteiger partial charge in [-0.25, -0.2) is 4.79 Å². The van der Waals surface area contributed by atoms with Crippen molar-refractivity contribution in [2.75, 3.05) is 6.61 Å². The Balaban J connectivity index is 2.73. The smallest absolute Gasteiger partial charge is 0.332 e. The van der Waals surface area contributed by atoms with Crippen LogP contribution in [0.2, 0.25) is 0 Å². The summed E-state index contributed by atoms with van der Waals surface area (Å²) in [7, 11) is 0. The number of nitrogens with zero attached hydrogens (tertiary/aromatic N) is 2. The third-order valence-electron chi connectivity index (χ3n) is 1.93. The Bertz CT molecular complexity index is 495. The molecular weight excluding hydrogens is 236 g/mol. The Kier molecular flexibility index (Phi) is 5.24. The average Bonchev–Trinajstić information content (AvgIpc) is 2.35. The molecule has 0 atom stereocenters. The van der Waals surface area contributed by atoms with Gasteiger partial charge in [0.1, 0.15) is 0 Å². The fourth-order valence-corrected chi connectivity index (χ4v) is 1.18. The number of nitro benzene ring substituents is 1. The molecule has 0 aliphatic rings. The summed E-state index contributed by atoms with van der Waals surface area (Å²) >= 11 is 0. The molecule has 1 rings (SSSR count). The number of esters is 1. The van der Waals surface area contributed by atoms with Crippen LogP contribution in [-0.4, -0.2) is 23.7 Å². The molecule has 6 nitrogen and oxygen atoms in total. The first-order valence-electron chi connectivity index (χ1n) is 5.25. The molecule has 0 spiro atoms. The Morgan fingerprint density at radius 1 is 1.50 bits per heavy atom. The van der Waals surface area contributed by atoms with Crippen LogP contribution in [0.25, 0.3) is 0 Å². The van der Waals surface area contributed by atoms with Gasteiger partial charge in [0.2, 0.25) is 0 Å². The quantitative estimate of drug-likeness (QED) is 0.262. The highest BCUT2D eigenvalue weighted by Gasteiger charge is 2.09. The molecule has 0 heterocycles. The fraction of sp³-hybridized carbons (Fsp3) is 0.167. The molecule has 6 heteroatoms. The van der Waals surface area contributed by atoms with Crippen LogP contribution in [0.5, 0.6) is 0 Å². The van der Waals surface area contributed by atoms with E-state index in [4.69, 9.17) is 0 Å². The fourth-order valence-electron chi connectivity index (χ4n) is 1.18. The predicted molar refractivity (Wildman–Crippen MR) is 66.5 cm³/mol. The number of hydrogen-bond acceptors (Lipinski definition) is 5. The second-order valence-electron chi connectivity index (χ2n) is 3.16. The Morgan fingerprint density at radius 2 is 2.22 bits per heavy atom. The molecule has 0 unspecified atom stereocenters. The standard InChI is InChI=1S/C12H12N2O4/c1-2-18-12(15)7-8-13-9-10-5-3-4-6-11(10)14(16)17/h3-9H,2H2,1H3/b8-7+,13-9?. The normalized spacial score (nSPS) is 10.9. The lowest BCUT2D eigenvalue weighted by molar-refractivity contribution is -0.385. The number of para-hydroxylation sites is 1. The molecule has 0 aromatic heterocycles. The van der Waals surface area contributed by atoms with E-state index in [9.17, 15) is 14.9 Å². The number of nitro groups is 1. The van der Waals surface area contributed by atoms with Gasteiger partial charge < -0.3 is 4.74 Å². The van der Waals surface area contributed by atoms with Gasteiger partial charge >= 0.3 is 5.97 Å². The van der Waals surface area contributed by atoms with Gasteiger partial charge in [0.05, 0.1) is 17.1 Å². The van der Waals surface area contributed by atoms with E-state index in [1.165, 1.54) is 18.5 Å². The summed E-state index contributed by atoms with van der Waals surface area (Å²) in [5, 5.41) is 10.7. The molecule has 0 saturated carbocycles. The van der Waals surface area contributed by atoms with Crippen molar-refractivity contribution in [3.05, 3.63) is 52.2 Å². The van der Waals surface area contributed by atoms with E-state index in [2.05, 4.69) is 9.73 Å². The lowest BCUT2D eigenvalue weighted by Crippen LogP contribution is -1.98. The molecular formula is C12H12N2O4. The van der Waals surface area contributed by atoms with Crippen LogP contribution in [0.3, 0.4) is 0 Å². The zero-order valence-corrected chi connectivity index (χ0v) is 9.78. The zero-order valence-electron chi connectivity index (χ0n) is 9.78. The van der Waals surface area contributed by atoms with Crippen molar-refractivity contribution >= 4 is 17.9 Å². The zero-order chi connectivity index (χ0) is 13.4. The molecule has 1 aromatic rings. The van der Waals surface area contributed by atoms with Gasteiger partial charge in [-0.05, 0) is 13.0 Å². The third kappa shape index (κ3) is 4.17. The Morgan fingerprint density at radius 3 is 2.89 bits per heavy atom. The minimum absolute atomic E-state index is 0.0363. The largest absolute Gasteiger partial charge is 0.463 e. The number of carbonyl (C=O) groups is 1. The highest BCUT2D eigenvalue weighted by Crippen LogP contribution is 2.15. The van der Waals surface area contributed by atoms with Crippen LogP contribution >= 0.6 is 0 Å². The summed E-state index contributed by atoms with van der Waals surface area (Å²) in [5.41, 5.74) is 0.335. The number of aliphatic imine (C=N–C) groups is 1. The van der Waals surface area contributed by atoms with Crippen molar-refractivity contribution < 1.29 is 14.5 Å². The van der Waals surface area contributed by atoms with Crippen LogP contribution < -0.4 is 0 Å². The maximum absolute atomic E-state index is 10.9. The van der Waals surface area contributed by atoms with Crippen LogP contribution in [0.15, 0.2) is 41.5 Å². The molecule has 0 amide bonds. The predicted octanol–water partition coefficient (Wildman–Crippen LogP) is 2.09. The third-order valence-corrected chi connectivity index (χ3v) is 1.93. The van der Waals surface area contributed by atoms with E-state index in [-0.39, 0.29) is 12.3 Å². The molecule has 94 valence electrons. The summed E-state index contributed by atoms with van der Waals surface area (Å²) in [4.78, 5) is 24.9. The Hall–Kier alpha value is -2.50. The molecule has 18 heavy (non-hydrogen) atoms. The van der Waals surface area contributed by atoms with Crippen LogP contribution in [0.4, 0.5) is 5.69 Å². The first kappa shape index (κ1) is 13.6. The van der Waals surface area contributed by atoms with Gasteiger partial charge in [0.15, 0.2) is 0 Å². The van der Waals surface area contributed by atoms with Crippen molar-refractivity contribution in [1.29, 1.82) is 0 Å². The lowest BCUT2D eigenvalue weighted by Gasteiger charge is -1.95. The van der Waals surface area contributed by atoms with Gasteiger partial charge in [-0.3, -0.25) is 15.1 Å². The SMILES string of the molecule is CCOC(=O)/C=C/N=Cc1ccccc1[N+](=O)[O-]. The van der Waals surface area contributed by atoms with Crippen molar-refractivity contribution in [2.24, 2.45) is 4.99 Å². The minimum atomic E-state index is -0.503. The van der Waals surface area contributed by atoms with E-state index >= 15 is 0 Å². The van der Waals surface area contributed by atoms with Gasteiger partial charge in [-0.15, -0.1) is 0 Å². The maximum atomic E-state index is 10.9. The number of rotatable bonds is 5. The van der Waals surface area contributed by atoms with Crippen LogP contribution in [0, 0.1) is 10.1 Å². The molecule has 0 bridgehead atoms.